The fraction of sp³-hybridized carbons (Fsp3) is 0.444. The number of aromatic nitrogens is 4. The van der Waals surface area contributed by atoms with E-state index in [1.165, 1.54) is 11.1 Å². The third-order valence-corrected chi connectivity index (χ3v) is 5.04. The molecule has 4 rings (SSSR count). The van der Waals surface area contributed by atoms with Gasteiger partial charge in [-0.3, -0.25) is 0 Å². The largest absolute Gasteiger partial charge is 0.353 e. The first-order valence-corrected chi connectivity index (χ1v) is 8.70. The zero-order valence-corrected chi connectivity index (χ0v) is 14.8. The van der Waals surface area contributed by atoms with E-state index in [1.54, 1.807) is 0 Å². The summed E-state index contributed by atoms with van der Waals surface area (Å²) in [5.74, 6) is 2.26. The second-order valence-electron chi connectivity index (χ2n) is 6.85. The number of rotatable bonds is 3. The van der Waals surface area contributed by atoms with E-state index in [0.717, 1.165) is 43.4 Å². The molecule has 1 aromatic carbocycles. The Morgan fingerprint density at radius 2 is 1.80 bits per heavy atom. The number of piperidine rings is 1. The van der Waals surface area contributed by atoms with Crippen LogP contribution >= 0.6 is 0 Å². The van der Waals surface area contributed by atoms with Crippen LogP contribution in [0.15, 0.2) is 22.8 Å². The van der Waals surface area contributed by atoms with E-state index in [1.807, 2.05) is 6.07 Å². The number of nitrogens with zero attached hydrogens (tertiary/aromatic N) is 5. The molecular weight excluding hydrogens is 316 g/mol. The molecule has 0 radical (unpaired) electrons. The number of aryl methyl sites for hydroxylation is 1. The third-order valence-electron chi connectivity index (χ3n) is 5.04. The first kappa shape index (κ1) is 15.8. The molecule has 0 aliphatic carbocycles. The van der Waals surface area contributed by atoms with Crippen LogP contribution in [0.2, 0.25) is 0 Å². The molecule has 0 amide bonds. The van der Waals surface area contributed by atoms with Crippen molar-refractivity contribution >= 4 is 28.6 Å². The molecule has 25 heavy (non-hydrogen) atoms. The summed E-state index contributed by atoms with van der Waals surface area (Å²) < 4.78 is 4.80. The molecule has 7 heteroatoms. The molecule has 2 aromatic heterocycles. The fourth-order valence-corrected chi connectivity index (χ4v) is 3.17. The van der Waals surface area contributed by atoms with Crippen LogP contribution in [0.5, 0.6) is 0 Å². The molecule has 1 aliphatic rings. The number of hydrogen-bond donors (Lipinski definition) is 1. The van der Waals surface area contributed by atoms with Gasteiger partial charge >= 0.3 is 0 Å². The van der Waals surface area contributed by atoms with E-state index in [4.69, 9.17) is 4.63 Å². The second kappa shape index (κ2) is 6.31. The van der Waals surface area contributed by atoms with Crippen molar-refractivity contribution in [3.63, 3.8) is 0 Å². The Labute approximate surface area is 146 Å². The van der Waals surface area contributed by atoms with E-state index in [-0.39, 0.29) is 0 Å². The van der Waals surface area contributed by atoms with Crippen molar-refractivity contribution in [3.8, 4) is 0 Å². The first-order valence-electron chi connectivity index (χ1n) is 8.70. The van der Waals surface area contributed by atoms with Crippen LogP contribution in [0.25, 0.3) is 11.3 Å². The van der Waals surface area contributed by atoms with Crippen LogP contribution < -0.4 is 10.2 Å². The van der Waals surface area contributed by atoms with E-state index in [2.05, 4.69) is 63.4 Å². The molecule has 1 N–H and O–H groups in total. The minimum atomic E-state index is 0.418. The van der Waals surface area contributed by atoms with Gasteiger partial charge in [0.05, 0.1) is 0 Å². The van der Waals surface area contributed by atoms with Gasteiger partial charge in [-0.05, 0) is 60.1 Å². The maximum Gasteiger partial charge on any atom is 0.245 e. The van der Waals surface area contributed by atoms with Crippen molar-refractivity contribution in [2.75, 3.05) is 23.3 Å². The zero-order chi connectivity index (χ0) is 17.4. The summed E-state index contributed by atoms with van der Waals surface area (Å²) in [6.07, 6.45) is 2.30. The summed E-state index contributed by atoms with van der Waals surface area (Å²) in [6, 6.07) is 6.19. The number of fused-ring (bicyclic) bond motifs is 1. The Balaban J connectivity index is 1.75. The highest BCUT2D eigenvalue weighted by atomic mass is 16.6. The Morgan fingerprint density at radius 1 is 1.08 bits per heavy atom. The molecule has 1 saturated heterocycles. The van der Waals surface area contributed by atoms with Crippen molar-refractivity contribution in [1.29, 1.82) is 0 Å². The zero-order valence-electron chi connectivity index (χ0n) is 14.8. The van der Waals surface area contributed by atoms with Crippen molar-refractivity contribution in [1.82, 2.24) is 20.3 Å². The summed E-state index contributed by atoms with van der Waals surface area (Å²) in [5, 5.41) is 11.1. The smallest absolute Gasteiger partial charge is 0.245 e. The van der Waals surface area contributed by atoms with Crippen molar-refractivity contribution < 1.29 is 4.63 Å². The van der Waals surface area contributed by atoms with Gasteiger partial charge in [0.25, 0.3) is 0 Å². The number of anilines is 3. The van der Waals surface area contributed by atoms with Gasteiger partial charge < -0.3 is 10.2 Å². The van der Waals surface area contributed by atoms with Crippen LogP contribution in [-0.2, 0) is 0 Å². The molecule has 0 unspecified atom stereocenters. The van der Waals surface area contributed by atoms with Gasteiger partial charge in [0, 0.05) is 18.8 Å². The van der Waals surface area contributed by atoms with Gasteiger partial charge in [-0.2, -0.15) is 0 Å². The number of benzene rings is 1. The lowest BCUT2D eigenvalue weighted by molar-refractivity contribution is 0.314. The third kappa shape index (κ3) is 3.01. The highest BCUT2D eigenvalue weighted by molar-refractivity contribution is 5.78. The topological polar surface area (TPSA) is 80.0 Å². The summed E-state index contributed by atoms with van der Waals surface area (Å²) in [6.45, 7) is 8.43. The molecule has 0 saturated carbocycles. The maximum absolute atomic E-state index is 4.80. The van der Waals surface area contributed by atoms with E-state index in [9.17, 15) is 0 Å². The van der Waals surface area contributed by atoms with E-state index >= 15 is 0 Å². The average Bonchev–Trinajstić information content (AvgIpc) is 3.06. The Hall–Kier alpha value is -2.70. The lowest BCUT2D eigenvalue weighted by Gasteiger charge is -2.32. The normalized spacial score (nSPS) is 15.7. The predicted octanol–water partition coefficient (Wildman–Crippen LogP) is 3.61. The van der Waals surface area contributed by atoms with E-state index in [0.29, 0.717) is 17.1 Å². The van der Waals surface area contributed by atoms with Crippen LogP contribution in [0, 0.1) is 19.8 Å². The van der Waals surface area contributed by atoms with Crippen LogP contribution in [0.4, 0.5) is 17.3 Å². The first-order chi connectivity index (χ1) is 12.1. The monoisotopic (exact) mass is 338 g/mol. The van der Waals surface area contributed by atoms with Crippen LogP contribution in [0.1, 0.15) is 30.9 Å². The summed E-state index contributed by atoms with van der Waals surface area (Å²) in [4.78, 5) is 11.6. The summed E-state index contributed by atoms with van der Waals surface area (Å²) in [7, 11) is 0. The number of nitrogens with one attached hydrogen (secondary N) is 1. The lowest BCUT2D eigenvalue weighted by atomic mass is 9.99. The highest BCUT2D eigenvalue weighted by Crippen LogP contribution is 2.31. The molecule has 7 nitrogen and oxygen atoms in total. The van der Waals surface area contributed by atoms with Gasteiger partial charge in [0.2, 0.25) is 11.3 Å². The standard InChI is InChI=1S/C18H22N6O/c1-11-7-9-24(10-8-11)18-17(20-15-16(21-18)23-25-22-15)19-14-6-4-5-12(2)13(14)3/h4-6,11H,7-10H2,1-3H3,(H,19,20,22). The van der Waals surface area contributed by atoms with Gasteiger partial charge in [-0.15, -0.1) is 0 Å². The molecule has 3 aromatic rings. The predicted molar refractivity (Wildman–Crippen MR) is 97.2 cm³/mol. The van der Waals surface area contributed by atoms with Crippen molar-refractivity contribution in [2.24, 2.45) is 5.92 Å². The summed E-state index contributed by atoms with van der Waals surface area (Å²) >= 11 is 0. The Bertz CT molecular complexity index is 898. The Morgan fingerprint density at radius 3 is 2.56 bits per heavy atom. The number of hydrogen-bond acceptors (Lipinski definition) is 7. The lowest BCUT2D eigenvalue weighted by Crippen LogP contribution is -2.34. The summed E-state index contributed by atoms with van der Waals surface area (Å²) in [5.41, 5.74) is 4.31. The molecule has 1 fully saturated rings. The van der Waals surface area contributed by atoms with Gasteiger partial charge in [-0.25, -0.2) is 14.6 Å². The molecule has 0 spiro atoms. The van der Waals surface area contributed by atoms with Crippen molar-refractivity contribution in [3.05, 3.63) is 29.3 Å². The second-order valence-corrected chi connectivity index (χ2v) is 6.85. The van der Waals surface area contributed by atoms with Gasteiger partial charge in [-0.1, -0.05) is 19.1 Å². The maximum atomic E-state index is 4.80. The quantitative estimate of drug-likeness (QED) is 0.781. The van der Waals surface area contributed by atoms with Gasteiger partial charge in [0.1, 0.15) is 0 Å². The van der Waals surface area contributed by atoms with E-state index < -0.39 is 0 Å². The molecule has 0 bridgehead atoms. The molecular formula is C18H22N6O. The Kier molecular flexibility index (Phi) is 3.99. The minimum Gasteiger partial charge on any atom is -0.353 e. The van der Waals surface area contributed by atoms with Crippen molar-refractivity contribution in [2.45, 2.75) is 33.6 Å². The highest BCUT2D eigenvalue weighted by Gasteiger charge is 2.23. The molecule has 0 atom stereocenters. The van der Waals surface area contributed by atoms with Gasteiger partial charge in [0.15, 0.2) is 11.6 Å². The van der Waals surface area contributed by atoms with Crippen LogP contribution in [-0.4, -0.2) is 33.4 Å². The molecule has 3 heterocycles. The SMILES string of the molecule is Cc1cccc(Nc2nc3nonc3nc2N2CCC(C)CC2)c1C. The average molecular weight is 338 g/mol. The minimum absolute atomic E-state index is 0.418. The molecule has 130 valence electrons. The molecule has 1 aliphatic heterocycles. The fourth-order valence-electron chi connectivity index (χ4n) is 3.17. The van der Waals surface area contributed by atoms with Crippen LogP contribution in [0.3, 0.4) is 0 Å².